The van der Waals surface area contributed by atoms with E-state index in [9.17, 15) is 15.0 Å². The van der Waals surface area contributed by atoms with Crippen LogP contribution in [0, 0.1) is 0 Å². The molecule has 0 spiro atoms. The van der Waals surface area contributed by atoms with Crippen molar-refractivity contribution in [2.24, 2.45) is 0 Å². The van der Waals surface area contributed by atoms with Gasteiger partial charge >= 0.3 is 5.97 Å². The summed E-state index contributed by atoms with van der Waals surface area (Å²) in [6, 6.07) is 0. The number of ether oxygens (including phenoxy) is 2. The highest BCUT2D eigenvalue weighted by Gasteiger charge is 2.34. The first kappa shape index (κ1) is 18.3. The number of β-amino-alcohol motifs (C(OH)–C–C–N with tert-alkyl or cyclic N) is 1. The van der Waals surface area contributed by atoms with E-state index in [4.69, 9.17) is 9.47 Å². The van der Waals surface area contributed by atoms with Crippen molar-refractivity contribution in [3.05, 3.63) is 0 Å². The number of hydrogen-bond acceptors (Lipinski definition) is 5. The molecule has 6 heteroatoms. The van der Waals surface area contributed by atoms with Crippen LogP contribution in [-0.4, -0.2) is 72.2 Å². The summed E-state index contributed by atoms with van der Waals surface area (Å²) in [5, 5.41) is 19.1. The Balaban J connectivity index is 4.28. The lowest BCUT2D eigenvalue weighted by molar-refractivity contribution is -0.150. The van der Waals surface area contributed by atoms with Crippen LogP contribution in [0.4, 0.5) is 0 Å². The van der Waals surface area contributed by atoms with E-state index in [1.54, 1.807) is 25.9 Å². The Labute approximate surface area is 115 Å². The molecule has 0 radical (unpaired) electrons. The lowest BCUT2D eigenvalue weighted by atomic mass is 10.0. The molecule has 0 aliphatic carbocycles. The zero-order valence-electron chi connectivity index (χ0n) is 12.5. The molecule has 6 nitrogen and oxygen atoms in total. The maximum Gasteiger partial charge on any atom is 0.323 e. The van der Waals surface area contributed by atoms with Crippen molar-refractivity contribution in [3.63, 3.8) is 0 Å². The quantitative estimate of drug-likeness (QED) is 0.608. The number of rotatable bonds is 10. The van der Waals surface area contributed by atoms with Gasteiger partial charge in [-0.3, -0.25) is 9.69 Å². The van der Waals surface area contributed by atoms with Crippen LogP contribution in [0.15, 0.2) is 0 Å². The summed E-state index contributed by atoms with van der Waals surface area (Å²) in [5.41, 5.74) is -1.01. The van der Waals surface area contributed by atoms with Gasteiger partial charge in [-0.15, -0.1) is 0 Å². The van der Waals surface area contributed by atoms with Crippen molar-refractivity contribution in [2.75, 3.05) is 33.4 Å². The number of hydrogen-bond donors (Lipinski definition) is 2. The molecule has 114 valence electrons. The molecular formula is C13H27NO5. The first-order valence-electron chi connectivity index (χ1n) is 6.52. The monoisotopic (exact) mass is 277 g/mol. The Morgan fingerprint density at radius 2 is 1.95 bits per heavy atom. The lowest BCUT2D eigenvalue weighted by Gasteiger charge is -2.35. The van der Waals surface area contributed by atoms with Gasteiger partial charge in [0, 0.05) is 13.7 Å². The average Bonchev–Trinajstić information content (AvgIpc) is 2.33. The first-order valence-corrected chi connectivity index (χ1v) is 6.52. The van der Waals surface area contributed by atoms with Gasteiger partial charge in [0.15, 0.2) is 0 Å². The molecule has 0 aliphatic rings. The molecule has 0 rings (SSSR count). The van der Waals surface area contributed by atoms with Crippen molar-refractivity contribution < 1.29 is 24.5 Å². The maximum atomic E-state index is 11.2. The van der Waals surface area contributed by atoms with Gasteiger partial charge in [0.05, 0.1) is 25.4 Å². The van der Waals surface area contributed by atoms with E-state index < -0.39 is 17.6 Å². The summed E-state index contributed by atoms with van der Waals surface area (Å²) < 4.78 is 10.3. The minimum Gasteiger partial charge on any atom is -0.480 e. The minimum atomic E-state index is -1.01. The van der Waals surface area contributed by atoms with Gasteiger partial charge in [-0.2, -0.15) is 0 Å². The third-order valence-electron chi connectivity index (χ3n) is 3.10. The molecule has 0 aromatic carbocycles. The maximum absolute atomic E-state index is 11.2. The highest BCUT2D eigenvalue weighted by Crippen LogP contribution is 2.15. The van der Waals surface area contributed by atoms with Crippen LogP contribution in [0.2, 0.25) is 0 Å². The molecule has 0 aliphatic heterocycles. The molecule has 19 heavy (non-hydrogen) atoms. The van der Waals surface area contributed by atoms with Crippen molar-refractivity contribution in [1.29, 1.82) is 0 Å². The molecule has 2 unspecified atom stereocenters. The van der Waals surface area contributed by atoms with E-state index in [2.05, 4.69) is 0 Å². The third-order valence-corrected chi connectivity index (χ3v) is 3.10. The molecule has 0 fully saturated rings. The predicted molar refractivity (Wildman–Crippen MR) is 72.3 cm³/mol. The van der Waals surface area contributed by atoms with E-state index in [0.717, 1.165) is 0 Å². The number of aliphatic carboxylic acids is 1. The molecule has 0 saturated carbocycles. The highest BCUT2D eigenvalue weighted by molar-refractivity contribution is 5.77. The number of carboxylic acid groups (broad SMARTS) is 1. The van der Waals surface area contributed by atoms with Crippen LogP contribution >= 0.6 is 0 Å². The molecule has 0 aromatic rings. The summed E-state index contributed by atoms with van der Waals surface area (Å²) in [6.07, 6.45) is -0.819. The Bertz CT molecular complexity index is 270. The van der Waals surface area contributed by atoms with Gasteiger partial charge < -0.3 is 19.7 Å². The van der Waals surface area contributed by atoms with E-state index in [1.165, 1.54) is 0 Å². The summed E-state index contributed by atoms with van der Waals surface area (Å²) in [6.45, 7) is 8.40. The highest BCUT2D eigenvalue weighted by atomic mass is 16.5. The van der Waals surface area contributed by atoms with Gasteiger partial charge in [0.2, 0.25) is 0 Å². The second-order valence-corrected chi connectivity index (χ2v) is 5.16. The summed E-state index contributed by atoms with van der Waals surface area (Å²) in [5.74, 6) is -0.907. The molecule has 0 amide bonds. The lowest BCUT2D eigenvalue weighted by Crippen LogP contribution is -2.53. The summed E-state index contributed by atoms with van der Waals surface area (Å²) in [4.78, 5) is 12.9. The molecule has 0 aromatic heterocycles. The predicted octanol–water partition coefficient (Wildman–Crippen LogP) is 0.584. The Morgan fingerprint density at radius 1 is 1.37 bits per heavy atom. The van der Waals surface area contributed by atoms with E-state index in [1.807, 2.05) is 13.8 Å². The fourth-order valence-electron chi connectivity index (χ4n) is 1.75. The Kier molecular flexibility index (Phi) is 8.17. The van der Waals surface area contributed by atoms with Crippen LogP contribution in [-0.2, 0) is 14.3 Å². The van der Waals surface area contributed by atoms with Gasteiger partial charge in [0.25, 0.3) is 0 Å². The number of carboxylic acids is 1. The van der Waals surface area contributed by atoms with Gasteiger partial charge in [-0.25, -0.2) is 0 Å². The fraction of sp³-hybridized carbons (Fsp3) is 0.923. The number of nitrogens with zero attached hydrogens (tertiary/aromatic N) is 1. The van der Waals surface area contributed by atoms with Crippen molar-refractivity contribution in [2.45, 2.75) is 45.4 Å². The molecule has 0 heterocycles. The Hall–Kier alpha value is -0.690. The van der Waals surface area contributed by atoms with Crippen LogP contribution in [0.25, 0.3) is 0 Å². The number of methoxy groups -OCH3 is 1. The molecule has 2 atom stereocenters. The zero-order valence-corrected chi connectivity index (χ0v) is 12.5. The standard InChI is InChI=1S/C13H27NO5/c1-6-14(13(3,4)12(16)17)7-11(15)9-19-10(2)8-18-5/h10-11,15H,6-9H2,1-5H3,(H,16,17). The summed E-state index contributed by atoms with van der Waals surface area (Å²) >= 11 is 0. The fourth-order valence-corrected chi connectivity index (χ4v) is 1.75. The minimum absolute atomic E-state index is 0.0952. The number of likely N-dealkylation sites (N-methyl/N-ethyl adjacent to an activating group) is 1. The third kappa shape index (κ3) is 6.33. The van der Waals surface area contributed by atoms with Crippen molar-refractivity contribution in [3.8, 4) is 0 Å². The molecule has 2 N–H and O–H groups in total. The smallest absolute Gasteiger partial charge is 0.323 e. The van der Waals surface area contributed by atoms with Gasteiger partial charge in [0.1, 0.15) is 5.54 Å². The normalized spacial score (nSPS) is 15.5. The largest absolute Gasteiger partial charge is 0.480 e. The van der Waals surface area contributed by atoms with Crippen molar-refractivity contribution >= 4 is 5.97 Å². The number of aliphatic hydroxyl groups excluding tert-OH is 1. The van der Waals surface area contributed by atoms with E-state index >= 15 is 0 Å². The van der Waals surface area contributed by atoms with Gasteiger partial charge in [-0.1, -0.05) is 6.92 Å². The Morgan fingerprint density at radius 3 is 2.37 bits per heavy atom. The molecular weight excluding hydrogens is 250 g/mol. The number of aliphatic hydroxyl groups is 1. The first-order chi connectivity index (χ1) is 8.75. The topological polar surface area (TPSA) is 79.2 Å². The molecule has 0 bridgehead atoms. The van der Waals surface area contributed by atoms with E-state index in [-0.39, 0.29) is 19.3 Å². The second kappa shape index (κ2) is 8.47. The van der Waals surface area contributed by atoms with E-state index in [0.29, 0.717) is 13.2 Å². The number of carbonyl (C=O) groups is 1. The SMILES string of the molecule is CCN(CC(O)COC(C)COC)C(C)(C)C(=O)O. The summed E-state index contributed by atoms with van der Waals surface area (Å²) in [7, 11) is 1.59. The second-order valence-electron chi connectivity index (χ2n) is 5.16. The molecule has 0 saturated heterocycles. The van der Waals surface area contributed by atoms with Crippen LogP contribution in [0.3, 0.4) is 0 Å². The van der Waals surface area contributed by atoms with Crippen LogP contribution in [0.5, 0.6) is 0 Å². The van der Waals surface area contributed by atoms with Gasteiger partial charge in [-0.05, 0) is 27.3 Å². The van der Waals surface area contributed by atoms with Crippen molar-refractivity contribution in [1.82, 2.24) is 4.90 Å². The van der Waals surface area contributed by atoms with Crippen LogP contribution in [0.1, 0.15) is 27.7 Å². The average molecular weight is 277 g/mol. The van der Waals surface area contributed by atoms with Crippen LogP contribution < -0.4 is 0 Å². The zero-order chi connectivity index (χ0) is 15.1.